The maximum absolute atomic E-state index is 12.8. The Balaban J connectivity index is 2.14. The summed E-state index contributed by atoms with van der Waals surface area (Å²) < 4.78 is 26.9. The van der Waals surface area contributed by atoms with Crippen molar-refractivity contribution < 1.29 is 13.2 Å². The summed E-state index contributed by atoms with van der Waals surface area (Å²) in [5.41, 5.74) is 3.81. The first kappa shape index (κ1) is 17.9. The van der Waals surface area contributed by atoms with Gasteiger partial charge in [0.1, 0.15) is 0 Å². The van der Waals surface area contributed by atoms with Crippen molar-refractivity contribution in [3.05, 3.63) is 34.4 Å². The van der Waals surface area contributed by atoms with Crippen molar-refractivity contribution in [1.82, 2.24) is 13.5 Å². The molecule has 0 radical (unpaired) electrons. The minimum Gasteiger partial charge on any atom is -0.336 e. The molecule has 1 saturated heterocycles. The Morgan fingerprint density at radius 3 is 1.91 bits per heavy atom. The van der Waals surface area contributed by atoms with Gasteiger partial charge in [0.15, 0.2) is 0 Å². The molecule has 2 rings (SSSR count). The van der Waals surface area contributed by atoms with E-state index in [0.717, 1.165) is 22.3 Å². The number of aryl methyl sites for hydroxylation is 3. The topological polar surface area (TPSA) is 60.9 Å². The monoisotopic (exact) mass is 339 g/mol. The van der Waals surface area contributed by atoms with Gasteiger partial charge >= 0.3 is 0 Å². The van der Waals surface area contributed by atoms with Crippen LogP contribution in [0.15, 0.2) is 12.1 Å². The van der Waals surface area contributed by atoms with Crippen LogP contribution in [0.4, 0.5) is 0 Å². The van der Waals surface area contributed by atoms with Gasteiger partial charge in [-0.1, -0.05) is 17.7 Å². The van der Waals surface area contributed by atoms with Crippen molar-refractivity contribution in [2.45, 2.75) is 20.8 Å². The number of piperazine rings is 1. The Labute approximate surface area is 138 Å². The van der Waals surface area contributed by atoms with Crippen molar-refractivity contribution >= 4 is 16.1 Å². The third-order valence-electron chi connectivity index (χ3n) is 4.20. The molecule has 1 aliphatic rings. The van der Waals surface area contributed by atoms with Crippen LogP contribution in [0, 0.1) is 20.8 Å². The van der Waals surface area contributed by atoms with E-state index < -0.39 is 10.2 Å². The molecule has 0 aromatic heterocycles. The standard InChI is InChI=1S/C16H25N3O3S/c1-12-10-13(2)15(14(3)11-12)16(20)18-6-8-19(9-7-18)23(21,22)17(4)5/h10-11H,6-9H2,1-5H3. The van der Waals surface area contributed by atoms with E-state index in [-0.39, 0.29) is 5.91 Å². The Hall–Kier alpha value is -1.44. The summed E-state index contributed by atoms with van der Waals surface area (Å²) >= 11 is 0. The smallest absolute Gasteiger partial charge is 0.281 e. The third-order valence-corrected chi connectivity index (χ3v) is 6.15. The van der Waals surface area contributed by atoms with Gasteiger partial charge in [-0.3, -0.25) is 4.79 Å². The fraction of sp³-hybridized carbons (Fsp3) is 0.562. The molecule has 0 unspecified atom stereocenters. The highest BCUT2D eigenvalue weighted by molar-refractivity contribution is 7.86. The molecule has 0 bridgehead atoms. The lowest BCUT2D eigenvalue weighted by Gasteiger charge is -2.35. The lowest BCUT2D eigenvalue weighted by atomic mass is 9.98. The van der Waals surface area contributed by atoms with Crippen LogP contribution >= 0.6 is 0 Å². The van der Waals surface area contributed by atoms with Gasteiger partial charge in [-0.25, -0.2) is 0 Å². The summed E-state index contributed by atoms with van der Waals surface area (Å²) in [6.07, 6.45) is 0. The normalized spacial score (nSPS) is 16.9. The van der Waals surface area contributed by atoms with Crippen LogP contribution in [-0.2, 0) is 10.2 Å². The van der Waals surface area contributed by atoms with Gasteiger partial charge in [0, 0.05) is 45.8 Å². The zero-order valence-electron chi connectivity index (χ0n) is 14.5. The van der Waals surface area contributed by atoms with Crippen LogP contribution in [0.1, 0.15) is 27.0 Å². The molecule has 1 heterocycles. The van der Waals surface area contributed by atoms with E-state index in [1.807, 2.05) is 32.9 Å². The van der Waals surface area contributed by atoms with Gasteiger partial charge in [-0.2, -0.15) is 17.0 Å². The highest BCUT2D eigenvalue weighted by Crippen LogP contribution is 2.20. The summed E-state index contributed by atoms with van der Waals surface area (Å²) in [5, 5.41) is 0. The number of carbonyl (C=O) groups is 1. The maximum atomic E-state index is 12.8. The molecule has 1 fully saturated rings. The lowest BCUT2D eigenvalue weighted by molar-refractivity contribution is 0.0693. The molecule has 1 aromatic rings. The lowest BCUT2D eigenvalue weighted by Crippen LogP contribution is -2.53. The molecule has 1 aromatic carbocycles. The average Bonchev–Trinajstić information content (AvgIpc) is 2.46. The van der Waals surface area contributed by atoms with Gasteiger partial charge in [-0.05, 0) is 31.9 Å². The fourth-order valence-electron chi connectivity index (χ4n) is 3.03. The fourth-order valence-corrected chi connectivity index (χ4v) is 4.11. The Bertz CT molecular complexity index is 682. The molecule has 1 amide bonds. The predicted molar refractivity (Wildman–Crippen MR) is 90.7 cm³/mol. The second-order valence-electron chi connectivity index (χ2n) is 6.26. The van der Waals surface area contributed by atoms with Crippen molar-refractivity contribution in [1.29, 1.82) is 0 Å². The molecular formula is C16H25N3O3S. The molecule has 0 spiro atoms. The molecular weight excluding hydrogens is 314 g/mol. The van der Waals surface area contributed by atoms with Gasteiger partial charge in [-0.15, -0.1) is 0 Å². The molecule has 0 aliphatic carbocycles. The third kappa shape index (κ3) is 3.57. The molecule has 0 N–H and O–H groups in total. The second-order valence-corrected chi connectivity index (χ2v) is 8.40. The summed E-state index contributed by atoms with van der Waals surface area (Å²) in [5.74, 6) is -0.0121. The van der Waals surface area contributed by atoms with Crippen molar-refractivity contribution in [2.24, 2.45) is 0 Å². The number of carbonyl (C=O) groups excluding carboxylic acids is 1. The summed E-state index contributed by atoms with van der Waals surface area (Å²) in [6, 6.07) is 4.01. The number of hydrogen-bond donors (Lipinski definition) is 0. The van der Waals surface area contributed by atoms with Crippen molar-refractivity contribution in [3.63, 3.8) is 0 Å². The number of amides is 1. The highest BCUT2D eigenvalue weighted by atomic mass is 32.2. The quantitative estimate of drug-likeness (QED) is 0.831. The molecule has 23 heavy (non-hydrogen) atoms. The van der Waals surface area contributed by atoms with Crippen LogP contribution in [0.5, 0.6) is 0 Å². The van der Waals surface area contributed by atoms with Crippen LogP contribution in [-0.4, -0.2) is 68.1 Å². The number of benzene rings is 1. The average molecular weight is 339 g/mol. The van der Waals surface area contributed by atoms with Crippen LogP contribution in [0.25, 0.3) is 0 Å². The van der Waals surface area contributed by atoms with Gasteiger partial charge in [0.2, 0.25) is 0 Å². The predicted octanol–water partition coefficient (Wildman–Crippen LogP) is 1.18. The van der Waals surface area contributed by atoms with E-state index in [0.29, 0.717) is 26.2 Å². The maximum Gasteiger partial charge on any atom is 0.281 e. The van der Waals surface area contributed by atoms with E-state index in [1.54, 1.807) is 4.90 Å². The Kier molecular flexibility index (Phi) is 5.13. The molecule has 7 heteroatoms. The molecule has 6 nitrogen and oxygen atoms in total. The number of nitrogens with zero attached hydrogens (tertiary/aromatic N) is 3. The first-order valence-corrected chi connectivity index (χ1v) is 9.09. The number of rotatable bonds is 3. The SMILES string of the molecule is Cc1cc(C)c(C(=O)N2CCN(S(=O)(=O)N(C)C)CC2)c(C)c1. The van der Waals surface area contributed by atoms with Crippen LogP contribution in [0.3, 0.4) is 0 Å². The molecule has 1 aliphatic heterocycles. The summed E-state index contributed by atoms with van der Waals surface area (Å²) in [6.45, 7) is 7.39. The summed E-state index contributed by atoms with van der Waals surface area (Å²) in [4.78, 5) is 14.5. The first-order chi connectivity index (χ1) is 10.6. The number of hydrogen-bond acceptors (Lipinski definition) is 3. The van der Waals surface area contributed by atoms with Crippen LogP contribution < -0.4 is 0 Å². The Morgan fingerprint density at radius 2 is 1.48 bits per heavy atom. The van der Waals surface area contributed by atoms with Crippen molar-refractivity contribution in [3.8, 4) is 0 Å². The Morgan fingerprint density at radius 1 is 1.00 bits per heavy atom. The highest BCUT2D eigenvalue weighted by Gasteiger charge is 2.31. The summed E-state index contributed by atoms with van der Waals surface area (Å²) in [7, 11) is -0.368. The zero-order chi connectivity index (χ0) is 17.4. The second kappa shape index (κ2) is 6.59. The van der Waals surface area contributed by atoms with Gasteiger partial charge in [0.25, 0.3) is 16.1 Å². The van der Waals surface area contributed by atoms with E-state index in [4.69, 9.17) is 0 Å². The van der Waals surface area contributed by atoms with E-state index in [1.165, 1.54) is 22.7 Å². The molecule has 0 atom stereocenters. The minimum absolute atomic E-state index is 0.0121. The van der Waals surface area contributed by atoms with Gasteiger partial charge in [0.05, 0.1) is 0 Å². The largest absolute Gasteiger partial charge is 0.336 e. The van der Waals surface area contributed by atoms with Crippen molar-refractivity contribution in [2.75, 3.05) is 40.3 Å². The minimum atomic E-state index is -3.41. The van der Waals surface area contributed by atoms with E-state index in [2.05, 4.69) is 0 Å². The zero-order valence-corrected chi connectivity index (χ0v) is 15.3. The van der Waals surface area contributed by atoms with E-state index in [9.17, 15) is 13.2 Å². The molecule has 0 saturated carbocycles. The van der Waals surface area contributed by atoms with E-state index >= 15 is 0 Å². The first-order valence-electron chi connectivity index (χ1n) is 7.69. The molecule has 128 valence electrons. The van der Waals surface area contributed by atoms with Crippen LogP contribution in [0.2, 0.25) is 0 Å². The van der Waals surface area contributed by atoms with Gasteiger partial charge < -0.3 is 4.90 Å².